The van der Waals surface area contributed by atoms with Crippen LogP contribution in [0.5, 0.6) is 0 Å². The smallest absolute Gasteiger partial charge is 0.328 e. The van der Waals surface area contributed by atoms with Crippen LogP contribution in [0.4, 0.5) is 0 Å². The average Bonchev–Trinajstić information content (AvgIpc) is 2.24. The van der Waals surface area contributed by atoms with E-state index in [0.717, 1.165) is 12.8 Å². The zero-order valence-electron chi connectivity index (χ0n) is 13.0. The number of hydrogen-bond acceptors (Lipinski definition) is 4. The lowest BCUT2D eigenvalue weighted by atomic mass is 9.71. The van der Waals surface area contributed by atoms with Gasteiger partial charge in [-0.1, -0.05) is 20.8 Å². The highest BCUT2D eigenvalue weighted by Crippen LogP contribution is 2.39. The van der Waals surface area contributed by atoms with Gasteiger partial charge in [-0.15, -0.1) is 0 Å². The maximum absolute atomic E-state index is 11.7. The molecule has 0 radical (unpaired) electrons. The van der Waals surface area contributed by atoms with E-state index >= 15 is 0 Å². The van der Waals surface area contributed by atoms with E-state index in [1.807, 2.05) is 0 Å². The van der Waals surface area contributed by atoms with Crippen molar-refractivity contribution in [3.63, 3.8) is 0 Å². The molecule has 0 aromatic carbocycles. The number of hydrogen-bond donors (Lipinski definition) is 1. The number of rotatable bonds is 5. The van der Waals surface area contributed by atoms with Gasteiger partial charge in [0.25, 0.3) is 0 Å². The van der Waals surface area contributed by atoms with Crippen molar-refractivity contribution >= 4 is 5.97 Å². The zero-order valence-corrected chi connectivity index (χ0v) is 13.0. The van der Waals surface area contributed by atoms with Gasteiger partial charge >= 0.3 is 5.97 Å². The van der Waals surface area contributed by atoms with E-state index in [1.54, 1.807) is 13.8 Å². The van der Waals surface area contributed by atoms with Crippen LogP contribution >= 0.6 is 0 Å². The summed E-state index contributed by atoms with van der Waals surface area (Å²) in [6, 6.07) is 0. The second-order valence-electron chi connectivity index (χ2n) is 6.98. The van der Waals surface area contributed by atoms with Gasteiger partial charge in [0.05, 0.1) is 19.3 Å². The lowest BCUT2D eigenvalue weighted by Crippen LogP contribution is -2.51. The van der Waals surface area contributed by atoms with Crippen LogP contribution < -0.4 is 5.73 Å². The van der Waals surface area contributed by atoms with E-state index in [9.17, 15) is 4.79 Å². The first-order chi connectivity index (χ1) is 8.66. The molecule has 0 heterocycles. The van der Waals surface area contributed by atoms with E-state index in [0.29, 0.717) is 17.9 Å². The molecule has 4 nitrogen and oxygen atoms in total. The van der Waals surface area contributed by atoms with Crippen LogP contribution in [0.2, 0.25) is 0 Å². The fourth-order valence-corrected chi connectivity index (χ4v) is 3.03. The molecule has 3 atom stereocenters. The number of esters is 1. The Hall–Kier alpha value is -0.610. The molecule has 0 bridgehead atoms. The Morgan fingerprint density at radius 1 is 1.42 bits per heavy atom. The molecule has 112 valence electrons. The van der Waals surface area contributed by atoms with Crippen LogP contribution in [0.3, 0.4) is 0 Å². The molecular formula is C15H29NO3. The molecule has 1 fully saturated rings. The largest absolute Gasteiger partial charge is 0.465 e. The molecule has 0 saturated heterocycles. The van der Waals surface area contributed by atoms with Gasteiger partial charge in [0.15, 0.2) is 0 Å². The van der Waals surface area contributed by atoms with Crippen LogP contribution in [0.25, 0.3) is 0 Å². The monoisotopic (exact) mass is 271 g/mol. The van der Waals surface area contributed by atoms with Crippen molar-refractivity contribution in [1.29, 1.82) is 0 Å². The van der Waals surface area contributed by atoms with Gasteiger partial charge in [-0.25, -0.2) is 4.79 Å². The zero-order chi connectivity index (χ0) is 14.7. The van der Waals surface area contributed by atoms with Crippen molar-refractivity contribution in [1.82, 2.24) is 0 Å². The van der Waals surface area contributed by atoms with Crippen molar-refractivity contribution in [3.8, 4) is 0 Å². The standard InChI is InChI=1S/C15H29NO3/c1-6-18-13(17)15(5,16)10-19-12-7-11(2)8-14(3,4)9-12/h11-12H,6-10,16H2,1-5H3. The minimum Gasteiger partial charge on any atom is -0.465 e. The molecule has 1 aliphatic carbocycles. The second-order valence-corrected chi connectivity index (χ2v) is 6.98. The fourth-order valence-electron chi connectivity index (χ4n) is 3.03. The van der Waals surface area contributed by atoms with Crippen molar-refractivity contribution in [3.05, 3.63) is 0 Å². The summed E-state index contributed by atoms with van der Waals surface area (Å²) in [4.78, 5) is 11.7. The van der Waals surface area contributed by atoms with Gasteiger partial charge in [-0.3, -0.25) is 0 Å². The van der Waals surface area contributed by atoms with Crippen molar-refractivity contribution in [2.24, 2.45) is 17.1 Å². The molecule has 1 aliphatic rings. The molecule has 0 aliphatic heterocycles. The van der Waals surface area contributed by atoms with Crippen LogP contribution in [0, 0.1) is 11.3 Å². The summed E-state index contributed by atoms with van der Waals surface area (Å²) in [5, 5.41) is 0. The maximum atomic E-state index is 11.7. The summed E-state index contributed by atoms with van der Waals surface area (Å²) in [5.41, 5.74) is 5.21. The van der Waals surface area contributed by atoms with Gasteiger partial charge < -0.3 is 15.2 Å². The molecule has 0 aromatic rings. The lowest BCUT2D eigenvalue weighted by Gasteiger charge is -2.39. The first-order valence-electron chi connectivity index (χ1n) is 7.24. The van der Waals surface area contributed by atoms with Crippen LogP contribution in [-0.2, 0) is 14.3 Å². The summed E-state index contributed by atoms with van der Waals surface area (Å²) >= 11 is 0. The highest BCUT2D eigenvalue weighted by molar-refractivity contribution is 5.80. The Bertz CT molecular complexity index is 313. The quantitative estimate of drug-likeness (QED) is 0.780. The Morgan fingerprint density at radius 3 is 2.58 bits per heavy atom. The first kappa shape index (κ1) is 16.4. The summed E-state index contributed by atoms with van der Waals surface area (Å²) in [7, 11) is 0. The van der Waals surface area contributed by atoms with Gasteiger partial charge in [0, 0.05) is 0 Å². The predicted octanol–water partition coefficient (Wildman–Crippen LogP) is 2.50. The van der Waals surface area contributed by atoms with Crippen molar-refractivity contribution in [2.45, 2.75) is 65.5 Å². The van der Waals surface area contributed by atoms with Gasteiger partial charge in [0.1, 0.15) is 5.54 Å². The maximum Gasteiger partial charge on any atom is 0.328 e. The van der Waals surface area contributed by atoms with Gasteiger partial charge in [-0.2, -0.15) is 0 Å². The van der Waals surface area contributed by atoms with E-state index in [1.165, 1.54) is 6.42 Å². The van der Waals surface area contributed by atoms with Crippen LogP contribution in [0.15, 0.2) is 0 Å². The van der Waals surface area contributed by atoms with Crippen LogP contribution in [0.1, 0.15) is 53.9 Å². The number of carbonyl (C=O) groups excluding carboxylic acids is 1. The van der Waals surface area contributed by atoms with Crippen molar-refractivity contribution in [2.75, 3.05) is 13.2 Å². The highest BCUT2D eigenvalue weighted by atomic mass is 16.5. The molecule has 0 spiro atoms. The minimum absolute atomic E-state index is 0.191. The third kappa shape index (κ3) is 5.11. The third-order valence-electron chi connectivity index (χ3n) is 3.71. The van der Waals surface area contributed by atoms with Gasteiger partial charge in [0.2, 0.25) is 0 Å². The molecule has 2 N–H and O–H groups in total. The Labute approximate surface area is 117 Å². The molecule has 4 heteroatoms. The molecule has 1 rings (SSSR count). The summed E-state index contributed by atoms with van der Waals surface area (Å²) < 4.78 is 10.9. The predicted molar refractivity (Wildman–Crippen MR) is 75.8 cm³/mol. The first-order valence-corrected chi connectivity index (χ1v) is 7.24. The summed E-state index contributed by atoms with van der Waals surface area (Å²) in [5.74, 6) is 0.262. The molecule has 0 amide bonds. The topological polar surface area (TPSA) is 61.5 Å². The summed E-state index contributed by atoms with van der Waals surface area (Å²) in [6.07, 6.45) is 3.49. The highest BCUT2D eigenvalue weighted by Gasteiger charge is 2.36. The van der Waals surface area contributed by atoms with Crippen LogP contribution in [-0.4, -0.2) is 30.8 Å². The number of nitrogens with two attached hydrogens (primary N) is 1. The normalized spacial score (nSPS) is 29.6. The van der Waals surface area contributed by atoms with Crippen molar-refractivity contribution < 1.29 is 14.3 Å². The van der Waals surface area contributed by atoms with Gasteiger partial charge in [-0.05, 0) is 44.4 Å². The summed E-state index contributed by atoms with van der Waals surface area (Å²) in [6.45, 7) is 10.8. The fraction of sp³-hybridized carbons (Fsp3) is 0.933. The third-order valence-corrected chi connectivity index (χ3v) is 3.71. The van der Waals surface area contributed by atoms with E-state index < -0.39 is 11.5 Å². The molecule has 19 heavy (non-hydrogen) atoms. The molecular weight excluding hydrogens is 242 g/mol. The minimum atomic E-state index is -1.05. The van der Waals surface area contributed by atoms with E-state index in [4.69, 9.17) is 15.2 Å². The average molecular weight is 271 g/mol. The lowest BCUT2D eigenvalue weighted by molar-refractivity contribution is -0.153. The Balaban J connectivity index is 2.49. The van der Waals surface area contributed by atoms with E-state index in [2.05, 4.69) is 20.8 Å². The SMILES string of the molecule is CCOC(=O)C(C)(N)COC1CC(C)CC(C)(C)C1. The number of carbonyl (C=O) groups is 1. The molecule has 3 unspecified atom stereocenters. The second kappa shape index (κ2) is 6.23. The molecule has 0 aromatic heterocycles. The Morgan fingerprint density at radius 2 is 2.05 bits per heavy atom. The number of ether oxygens (including phenoxy) is 2. The van der Waals surface area contributed by atoms with E-state index in [-0.39, 0.29) is 12.7 Å². The Kier molecular flexibility index (Phi) is 5.39. The molecule has 1 saturated carbocycles.